The van der Waals surface area contributed by atoms with Gasteiger partial charge in [0, 0.05) is 12.6 Å². The summed E-state index contributed by atoms with van der Waals surface area (Å²) in [6.45, 7) is 6.53. The molecule has 1 heterocycles. The Morgan fingerprint density at radius 1 is 1.35 bits per heavy atom. The molecule has 0 aliphatic rings. The summed E-state index contributed by atoms with van der Waals surface area (Å²) in [6, 6.07) is 3.38. The average molecular weight is 304 g/mol. The predicted octanol–water partition coefficient (Wildman–Crippen LogP) is 1.22. The molecule has 0 saturated carbocycles. The van der Waals surface area contributed by atoms with Gasteiger partial charge in [-0.25, -0.2) is 13.1 Å². The molecule has 1 unspecified atom stereocenters. The fourth-order valence-electron chi connectivity index (χ4n) is 1.54. The van der Waals surface area contributed by atoms with E-state index in [4.69, 9.17) is 4.42 Å². The lowest BCUT2D eigenvalue weighted by molar-refractivity contribution is 0.162. The van der Waals surface area contributed by atoms with Crippen LogP contribution in [0.4, 0.5) is 0 Å². The SMILES string of the molecule is CCC(O)CCNS(=O)(=O)c1ccc(CNC(C)C)o1. The molecule has 1 atom stereocenters. The maximum Gasteiger partial charge on any atom is 0.273 e. The first-order valence-electron chi connectivity index (χ1n) is 6.85. The topological polar surface area (TPSA) is 91.6 Å². The number of hydrogen-bond acceptors (Lipinski definition) is 5. The van der Waals surface area contributed by atoms with Crippen molar-refractivity contribution in [2.45, 2.75) is 57.4 Å². The lowest BCUT2D eigenvalue weighted by atomic mass is 10.2. The van der Waals surface area contributed by atoms with Crippen LogP contribution in [0.15, 0.2) is 21.6 Å². The second-order valence-electron chi connectivity index (χ2n) is 5.00. The Morgan fingerprint density at radius 2 is 2.05 bits per heavy atom. The van der Waals surface area contributed by atoms with Crippen LogP contribution in [0, 0.1) is 0 Å². The van der Waals surface area contributed by atoms with Gasteiger partial charge >= 0.3 is 0 Å². The van der Waals surface area contributed by atoms with Crippen LogP contribution in [0.3, 0.4) is 0 Å². The van der Waals surface area contributed by atoms with Crippen LogP contribution in [0.2, 0.25) is 0 Å². The zero-order chi connectivity index (χ0) is 15.2. The Labute approximate surface area is 120 Å². The van der Waals surface area contributed by atoms with E-state index in [0.717, 1.165) is 0 Å². The first-order valence-corrected chi connectivity index (χ1v) is 8.33. The van der Waals surface area contributed by atoms with Crippen LogP contribution < -0.4 is 10.0 Å². The summed E-state index contributed by atoms with van der Waals surface area (Å²) >= 11 is 0. The molecule has 0 amide bonds. The highest BCUT2D eigenvalue weighted by molar-refractivity contribution is 7.89. The summed E-state index contributed by atoms with van der Waals surface area (Å²) in [4.78, 5) is 0. The number of hydrogen-bond donors (Lipinski definition) is 3. The van der Waals surface area contributed by atoms with Crippen molar-refractivity contribution in [3.8, 4) is 0 Å². The van der Waals surface area contributed by atoms with Crippen molar-refractivity contribution in [1.29, 1.82) is 0 Å². The highest BCUT2D eigenvalue weighted by atomic mass is 32.2. The standard InChI is InChI=1S/C13H24N2O4S/c1-4-11(16)7-8-15-20(17,18)13-6-5-12(19-13)9-14-10(2)3/h5-6,10-11,14-16H,4,7-9H2,1-3H3. The zero-order valence-corrected chi connectivity index (χ0v) is 13.0. The minimum atomic E-state index is -3.64. The average Bonchev–Trinajstić information content (AvgIpc) is 2.85. The van der Waals surface area contributed by atoms with E-state index in [-0.39, 0.29) is 11.6 Å². The second kappa shape index (κ2) is 7.78. The number of aliphatic hydroxyl groups is 1. The molecule has 0 fully saturated rings. The predicted molar refractivity (Wildman–Crippen MR) is 76.8 cm³/mol. The third kappa shape index (κ3) is 5.62. The van der Waals surface area contributed by atoms with Crippen LogP contribution in [0.25, 0.3) is 0 Å². The fourth-order valence-corrected chi connectivity index (χ4v) is 2.53. The molecule has 0 aromatic carbocycles. The molecule has 1 aromatic rings. The van der Waals surface area contributed by atoms with E-state index in [1.807, 2.05) is 20.8 Å². The first-order chi connectivity index (χ1) is 9.35. The molecule has 0 bridgehead atoms. The van der Waals surface area contributed by atoms with E-state index in [0.29, 0.717) is 31.2 Å². The van der Waals surface area contributed by atoms with Crippen molar-refractivity contribution in [3.05, 3.63) is 17.9 Å². The normalized spacial score (nSPS) is 13.8. The number of sulfonamides is 1. The lowest BCUT2D eigenvalue weighted by Gasteiger charge is -2.08. The maximum atomic E-state index is 11.9. The number of aliphatic hydroxyl groups excluding tert-OH is 1. The van der Waals surface area contributed by atoms with Gasteiger partial charge in [-0.05, 0) is 25.0 Å². The second-order valence-corrected chi connectivity index (χ2v) is 6.70. The first kappa shape index (κ1) is 17.2. The van der Waals surface area contributed by atoms with Crippen LogP contribution in [0.5, 0.6) is 0 Å². The molecule has 7 heteroatoms. The summed E-state index contributed by atoms with van der Waals surface area (Å²) < 4.78 is 31.6. The molecule has 0 radical (unpaired) electrons. The molecule has 6 nitrogen and oxygen atoms in total. The van der Waals surface area contributed by atoms with E-state index in [1.165, 1.54) is 6.07 Å². The van der Waals surface area contributed by atoms with Crippen molar-refractivity contribution >= 4 is 10.0 Å². The summed E-state index contributed by atoms with van der Waals surface area (Å²) in [5.41, 5.74) is 0. The third-order valence-corrected chi connectivity index (χ3v) is 4.16. The van der Waals surface area contributed by atoms with Crippen molar-refractivity contribution < 1.29 is 17.9 Å². The van der Waals surface area contributed by atoms with Gasteiger partial charge in [0.15, 0.2) is 0 Å². The molecule has 1 aromatic heterocycles. The van der Waals surface area contributed by atoms with Gasteiger partial charge in [0.1, 0.15) is 5.76 Å². The molecule has 116 valence electrons. The Bertz CT molecular complexity index is 496. The highest BCUT2D eigenvalue weighted by Gasteiger charge is 2.18. The van der Waals surface area contributed by atoms with E-state index < -0.39 is 16.1 Å². The number of furan rings is 1. The van der Waals surface area contributed by atoms with Crippen LogP contribution >= 0.6 is 0 Å². The monoisotopic (exact) mass is 304 g/mol. The van der Waals surface area contributed by atoms with Crippen molar-refractivity contribution in [2.24, 2.45) is 0 Å². The van der Waals surface area contributed by atoms with Crippen LogP contribution in [-0.2, 0) is 16.6 Å². The Hall–Kier alpha value is -0.890. The lowest BCUT2D eigenvalue weighted by Crippen LogP contribution is -2.27. The van der Waals surface area contributed by atoms with Gasteiger partial charge < -0.3 is 14.8 Å². The Morgan fingerprint density at radius 3 is 2.65 bits per heavy atom. The van der Waals surface area contributed by atoms with Gasteiger partial charge in [0.2, 0.25) is 5.09 Å². The number of nitrogens with one attached hydrogen (secondary N) is 2. The molecule has 20 heavy (non-hydrogen) atoms. The van der Waals surface area contributed by atoms with E-state index in [2.05, 4.69) is 10.0 Å². The molecule has 0 aliphatic carbocycles. The smallest absolute Gasteiger partial charge is 0.273 e. The maximum absolute atomic E-state index is 11.9. The molecule has 1 rings (SSSR count). The molecule has 0 spiro atoms. The summed E-state index contributed by atoms with van der Waals surface area (Å²) in [5.74, 6) is 0.577. The van der Waals surface area contributed by atoms with Gasteiger partial charge in [0.25, 0.3) is 10.0 Å². The van der Waals surface area contributed by atoms with Gasteiger partial charge in [-0.15, -0.1) is 0 Å². The zero-order valence-electron chi connectivity index (χ0n) is 12.2. The van der Waals surface area contributed by atoms with Crippen molar-refractivity contribution in [3.63, 3.8) is 0 Å². The van der Waals surface area contributed by atoms with Gasteiger partial charge in [-0.1, -0.05) is 20.8 Å². The van der Waals surface area contributed by atoms with Crippen LogP contribution in [-0.4, -0.2) is 32.2 Å². The molecular formula is C13H24N2O4S. The third-order valence-electron chi connectivity index (χ3n) is 2.83. The summed E-state index contributed by atoms with van der Waals surface area (Å²) in [7, 11) is -3.64. The fraction of sp³-hybridized carbons (Fsp3) is 0.692. The van der Waals surface area contributed by atoms with Gasteiger partial charge in [-0.3, -0.25) is 0 Å². The van der Waals surface area contributed by atoms with Crippen LogP contribution in [0.1, 0.15) is 39.4 Å². The summed E-state index contributed by atoms with van der Waals surface area (Å²) in [5, 5.41) is 12.4. The molecule has 0 aliphatic heterocycles. The van der Waals surface area contributed by atoms with Gasteiger partial charge in [0.05, 0.1) is 12.6 Å². The van der Waals surface area contributed by atoms with E-state index in [1.54, 1.807) is 6.07 Å². The van der Waals surface area contributed by atoms with Gasteiger partial charge in [-0.2, -0.15) is 0 Å². The van der Waals surface area contributed by atoms with Crippen molar-refractivity contribution in [1.82, 2.24) is 10.0 Å². The molecule has 0 saturated heterocycles. The minimum Gasteiger partial charge on any atom is -0.447 e. The highest BCUT2D eigenvalue weighted by Crippen LogP contribution is 2.14. The Kier molecular flexibility index (Phi) is 6.67. The molecular weight excluding hydrogens is 280 g/mol. The minimum absolute atomic E-state index is 0.0935. The summed E-state index contributed by atoms with van der Waals surface area (Å²) in [6.07, 6.45) is 0.506. The van der Waals surface area contributed by atoms with E-state index in [9.17, 15) is 13.5 Å². The largest absolute Gasteiger partial charge is 0.447 e. The Balaban J connectivity index is 2.55. The van der Waals surface area contributed by atoms with E-state index >= 15 is 0 Å². The number of rotatable bonds is 9. The quantitative estimate of drug-likeness (QED) is 0.638. The molecule has 3 N–H and O–H groups in total. The van der Waals surface area contributed by atoms with Crippen molar-refractivity contribution in [2.75, 3.05) is 6.54 Å².